The molecule has 18 heavy (non-hydrogen) atoms. The minimum Gasteiger partial charge on any atom is -0.465 e. The molecule has 0 aromatic carbocycles. The van der Waals surface area contributed by atoms with E-state index in [0.29, 0.717) is 17.9 Å². The molecule has 1 aliphatic rings. The van der Waals surface area contributed by atoms with Crippen LogP contribution in [0, 0.1) is 12.8 Å². The lowest BCUT2D eigenvalue weighted by Gasteiger charge is -2.08. The number of esters is 1. The van der Waals surface area contributed by atoms with Gasteiger partial charge in [-0.15, -0.1) is 0 Å². The molecule has 0 bridgehead atoms. The number of methoxy groups -OCH3 is 1. The first-order valence-electron chi connectivity index (χ1n) is 6.59. The minimum atomic E-state index is -0.335. The molecule has 100 valence electrons. The molecule has 1 heterocycles. The largest absolute Gasteiger partial charge is 0.465 e. The van der Waals surface area contributed by atoms with Crippen LogP contribution in [-0.2, 0) is 11.3 Å². The smallest absolute Gasteiger partial charge is 0.341 e. The molecule has 0 saturated heterocycles. The Hall–Kier alpha value is -1.29. The molecule has 0 unspecified atom stereocenters. The molecule has 0 atom stereocenters. The van der Waals surface area contributed by atoms with Gasteiger partial charge in [0.2, 0.25) is 0 Å². The lowest BCUT2D eigenvalue weighted by molar-refractivity contribution is 0.0599. The predicted molar refractivity (Wildman–Crippen MR) is 68.4 cm³/mol. The van der Waals surface area contributed by atoms with Crippen LogP contribution in [-0.4, -0.2) is 19.6 Å². The van der Waals surface area contributed by atoms with E-state index in [9.17, 15) is 4.79 Å². The fraction of sp³-hybridized carbons (Fsp3) is 0.643. The minimum absolute atomic E-state index is 0.335. The van der Waals surface area contributed by atoms with Gasteiger partial charge in [0.25, 0.3) is 0 Å². The molecular weight excluding hydrogens is 230 g/mol. The molecule has 1 N–H and O–H groups in total. The highest BCUT2D eigenvalue weighted by Crippen LogP contribution is 2.24. The first kappa shape index (κ1) is 13.1. The zero-order valence-electron chi connectivity index (χ0n) is 11.1. The maximum Gasteiger partial charge on any atom is 0.341 e. The van der Waals surface area contributed by atoms with Crippen LogP contribution >= 0.6 is 0 Å². The van der Waals surface area contributed by atoms with Gasteiger partial charge in [-0.3, -0.25) is 0 Å². The topological polar surface area (TPSA) is 51.5 Å². The second-order valence-corrected chi connectivity index (χ2v) is 4.96. The summed E-state index contributed by atoms with van der Waals surface area (Å²) < 4.78 is 10.2. The van der Waals surface area contributed by atoms with Crippen LogP contribution in [0.1, 0.15) is 47.6 Å². The van der Waals surface area contributed by atoms with Gasteiger partial charge in [0.1, 0.15) is 17.1 Å². The fourth-order valence-corrected chi connectivity index (χ4v) is 2.56. The molecule has 0 spiro atoms. The number of furan rings is 1. The maximum atomic E-state index is 11.4. The van der Waals surface area contributed by atoms with E-state index in [1.807, 2.05) is 0 Å². The molecule has 0 amide bonds. The van der Waals surface area contributed by atoms with Gasteiger partial charge in [-0.2, -0.15) is 0 Å². The summed E-state index contributed by atoms with van der Waals surface area (Å²) in [4.78, 5) is 11.4. The van der Waals surface area contributed by atoms with Gasteiger partial charge in [0, 0.05) is 0 Å². The van der Waals surface area contributed by atoms with E-state index in [1.54, 1.807) is 13.0 Å². The number of rotatable bonds is 5. The quantitative estimate of drug-likeness (QED) is 0.817. The van der Waals surface area contributed by atoms with Gasteiger partial charge in [0.15, 0.2) is 0 Å². The Morgan fingerprint density at radius 3 is 2.89 bits per heavy atom. The maximum absolute atomic E-state index is 11.4. The summed E-state index contributed by atoms with van der Waals surface area (Å²) in [6, 6.07) is 1.77. The Morgan fingerprint density at radius 1 is 1.50 bits per heavy atom. The van der Waals surface area contributed by atoms with Crippen LogP contribution < -0.4 is 5.32 Å². The Kier molecular flexibility index (Phi) is 4.42. The van der Waals surface area contributed by atoms with Crippen LogP contribution in [0.2, 0.25) is 0 Å². The van der Waals surface area contributed by atoms with E-state index >= 15 is 0 Å². The molecule has 1 aromatic heterocycles. The molecule has 1 fully saturated rings. The second-order valence-electron chi connectivity index (χ2n) is 4.96. The van der Waals surface area contributed by atoms with Gasteiger partial charge in [-0.05, 0) is 38.3 Å². The molecule has 0 radical (unpaired) electrons. The number of hydrogen-bond donors (Lipinski definition) is 1. The van der Waals surface area contributed by atoms with E-state index in [1.165, 1.54) is 32.8 Å². The van der Waals surface area contributed by atoms with Crippen molar-refractivity contribution in [3.05, 3.63) is 23.2 Å². The Bertz CT molecular complexity index is 405. The standard InChI is InChI=1S/C14H21NO3/c1-10-13(14(16)17-2)7-12(18-10)9-15-8-11-5-3-4-6-11/h7,11,15H,3-6,8-9H2,1-2H3. The van der Waals surface area contributed by atoms with Crippen LogP contribution in [0.3, 0.4) is 0 Å². The lowest BCUT2D eigenvalue weighted by atomic mass is 10.1. The summed E-state index contributed by atoms with van der Waals surface area (Å²) in [5, 5.41) is 3.40. The normalized spacial score (nSPS) is 16.1. The van der Waals surface area contributed by atoms with E-state index < -0.39 is 0 Å². The molecule has 1 saturated carbocycles. The van der Waals surface area contributed by atoms with Gasteiger partial charge in [-0.25, -0.2) is 4.79 Å². The third-order valence-corrected chi connectivity index (χ3v) is 3.58. The summed E-state index contributed by atoms with van der Waals surface area (Å²) in [7, 11) is 1.38. The van der Waals surface area contributed by atoms with Crippen molar-refractivity contribution in [1.29, 1.82) is 0 Å². The number of ether oxygens (including phenoxy) is 1. The average molecular weight is 251 g/mol. The average Bonchev–Trinajstić information content (AvgIpc) is 2.98. The van der Waals surface area contributed by atoms with Gasteiger partial charge in [-0.1, -0.05) is 12.8 Å². The zero-order chi connectivity index (χ0) is 13.0. The number of aryl methyl sites for hydroxylation is 1. The SMILES string of the molecule is COC(=O)c1cc(CNCC2CCCC2)oc1C. The summed E-state index contributed by atoms with van der Waals surface area (Å²) in [5.41, 5.74) is 0.523. The first-order chi connectivity index (χ1) is 8.70. The Balaban J connectivity index is 1.83. The first-order valence-corrected chi connectivity index (χ1v) is 6.59. The fourth-order valence-electron chi connectivity index (χ4n) is 2.56. The highest BCUT2D eigenvalue weighted by Gasteiger charge is 2.17. The molecule has 2 rings (SSSR count). The molecule has 1 aromatic rings. The van der Waals surface area contributed by atoms with Crippen LogP contribution in [0.15, 0.2) is 10.5 Å². The van der Waals surface area contributed by atoms with E-state index in [-0.39, 0.29) is 5.97 Å². The van der Waals surface area contributed by atoms with Gasteiger partial charge < -0.3 is 14.5 Å². The molecular formula is C14H21NO3. The van der Waals surface area contributed by atoms with E-state index in [2.05, 4.69) is 5.32 Å². The van der Waals surface area contributed by atoms with Crippen molar-refractivity contribution < 1.29 is 13.9 Å². The number of hydrogen-bond acceptors (Lipinski definition) is 4. The van der Waals surface area contributed by atoms with Gasteiger partial charge in [0.05, 0.1) is 13.7 Å². The van der Waals surface area contributed by atoms with Crippen molar-refractivity contribution >= 4 is 5.97 Å². The van der Waals surface area contributed by atoms with Crippen molar-refractivity contribution in [2.24, 2.45) is 5.92 Å². The molecule has 0 aliphatic heterocycles. The van der Waals surface area contributed by atoms with Crippen LogP contribution in [0.5, 0.6) is 0 Å². The number of nitrogens with one attached hydrogen (secondary N) is 1. The Labute approximate surface area is 108 Å². The second kappa shape index (κ2) is 6.05. The van der Waals surface area contributed by atoms with E-state index in [0.717, 1.165) is 18.2 Å². The van der Waals surface area contributed by atoms with Crippen LogP contribution in [0.25, 0.3) is 0 Å². The van der Waals surface area contributed by atoms with Gasteiger partial charge >= 0.3 is 5.97 Å². The highest BCUT2D eigenvalue weighted by atomic mass is 16.5. The summed E-state index contributed by atoms with van der Waals surface area (Å²) >= 11 is 0. The molecule has 4 nitrogen and oxygen atoms in total. The highest BCUT2D eigenvalue weighted by molar-refractivity contribution is 5.90. The summed E-state index contributed by atoms with van der Waals surface area (Å²) in [6.45, 7) is 3.49. The van der Waals surface area contributed by atoms with Crippen molar-refractivity contribution in [3.63, 3.8) is 0 Å². The number of carbonyl (C=O) groups excluding carboxylic acids is 1. The van der Waals surface area contributed by atoms with Crippen LogP contribution in [0.4, 0.5) is 0 Å². The molecule has 1 aliphatic carbocycles. The van der Waals surface area contributed by atoms with E-state index in [4.69, 9.17) is 9.15 Å². The van der Waals surface area contributed by atoms with Crippen molar-refractivity contribution in [1.82, 2.24) is 5.32 Å². The Morgan fingerprint density at radius 2 is 2.22 bits per heavy atom. The predicted octanol–water partition coefficient (Wildman–Crippen LogP) is 2.65. The third-order valence-electron chi connectivity index (χ3n) is 3.58. The monoisotopic (exact) mass is 251 g/mol. The van der Waals surface area contributed by atoms with Crippen molar-refractivity contribution in [2.45, 2.75) is 39.2 Å². The lowest BCUT2D eigenvalue weighted by Crippen LogP contribution is -2.20. The summed E-state index contributed by atoms with van der Waals surface area (Å²) in [5.74, 6) is 1.89. The summed E-state index contributed by atoms with van der Waals surface area (Å²) in [6.07, 6.45) is 5.38. The zero-order valence-corrected chi connectivity index (χ0v) is 11.1. The number of carbonyl (C=O) groups is 1. The van der Waals surface area contributed by atoms with Crippen molar-refractivity contribution in [2.75, 3.05) is 13.7 Å². The third kappa shape index (κ3) is 3.13. The molecule has 4 heteroatoms. The van der Waals surface area contributed by atoms with Crippen molar-refractivity contribution in [3.8, 4) is 0 Å².